The molecule has 4 aliphatic rings. The number of carbonyl (C=O) groups excluding carboxylic acids is 4. The number of aliphatic hydroxyl groups is 2. The molecule has 11 heteroatoms. The topological polar surface area (TPSA) is 166 Å². The summed E-state index contributed by atoms with van der Waals surface area (Å²) in [5.41, 5.74) is -4.01. The molecular formula is C38H42O11. The van der Waals surface area contributed by atoms with Gasteiger partial charge in [-0.15, -0.1) is 0 Å². The first-order chi connectivity index (χ1) is 23.1. The van der Waals surface area contributed by atoms with E-state index in [1.54, 1.807) is 49.4 Å². The summed E-state index contributed by atoms with van der Waals surface area (Å²) in [7, 11) is 1.40. The second kappa shape index (κ2) is 12.1. The number of ether oxygens (including phenoxy) is 4. The first-order valence-corrected chi connectivity index (χ1v) is 16.4. The molecule has 260 valence electrons. The summed E-state index contributed by atoms with van der Waals surface area (Å²) in [4.78, 5) is 52.5. The zero-order valence-electron chi connectivity index (χ0n) is 28.2. The second-order valence-corrected chi connectivity index (χ2v) is 14.4. The van der Waals surface area contributed by atoms with Crippen molar-refractivity contribution in [2.75, 3.05) is 13.7 Å². The first-order valence-electron chi connectivity index (χ1n) is 16.4. The molecule has 2 aromatic carbocycles. The van der Waals surface area contributed by atoms with Gasteiger partial charge in [0.15, 0.2) is 22.9 Å². The Morgan fingerprint density at radius 1 is 0.959 bits per heavy atom. The highest BCUT2D eigenvalue weighted by molar-refractivity contribution is 6.04. The van der Waals surface area contributed by atoms with E-state index >= 15 is 0 Å². The van der Waals surface area contributed by atoms with Gasteiger partial charge in [0.25, 0.3) is 0 Å². The van der Waals surface area contributed by atoms with Crippen molar-refractivity contribution in [1.82, 2.24) is 0 Å². The van der Waals surface area contributed by atoms with Crippen LogP contribution < -0.4 is 4.74 Å². The average molecular weight is 675 g/mol. The average Bonchev–Trinajstić information content (AvgIpc) is 3.46. The van der Waals surface area contributed by atoms with Crippen molar-refractivity contribution in [3.05, 3.63) is 83.0 Å². The number of esters is 3. The molecule has 0 aliphatic heterocycles. The van der Waals surface area contributed by atoms with Gasteiger partial charge in [0.05, 0.1) is 25.6 Å². The molecule has 0 amide bonds. The van der Waals surface area contributed by atoms with Crippen molar-refractivity contribution in [1.29, 1.82) is 0 Å². The van der Waals surface area contributed by atoms with Crippen molar-refractivity contribution in [3.8, 4) is 11.5 Å². The number of carbonyl (C=O) groups is 4. The summed E-state index contributed by atoms with van der Waals surface area (Å²) in [6, 6.07) is 13.5. The van der Waals surface area contributed by atoms with Gasteiger partial charge in [-0.25, -0.2) is 0 Å². The summed E-state index contributed by atoms with van der Waals surface area (Å²) in [5.74, 6) is -4.62. The Morgan fingerprint density at radius 2 is 1.65 bits per heavy atom. The number of ketones is 1. The first kappa shape index (κ1) is 34.4. The number of fused-ring (bicyclic) bond motifs is 5. The van der Waals surface area contributed by atoms with Crippen LogP contribution in [0.15, 0.2) is 71.8 Å². The fourth-order valence-corrected chi connectivity index (χ4v) is 8.84. The number of benzene rings is 2. The normalized spacial score (nSPS) is 32.3. The number of hydrogen-bond donors (Lipinski definition) is 3. The van der Waals surface area contributed by atoms with Crippen LogP contribution in [0.4, 0.5) is 0 Å². The minimum absolute atomic E-state index is 0.0440. The molecule has 0 heterocycles. The van der Waals surface area contributed by atoms with Crippen LogP contribution in [-0.2, 0) is 46.2 Å². The lowest BCUT2D eigenvalue weighted by Crippen LogP contribution is -2.61. The fraction of sp³-hybridized carbons (Fsp3) is 0.474. The predicted molar refractivity (Wildman–Crippen MR) is 174 cm³/mol. The van der Waals surface area contributed by atoms with Gasteiger partial charge in [-0.2, -0.15) is 0 Å². The minimum Gasteiger partial charge on any atom is -0.504 e. The zero-order valence-corrected chi connectivity index (χ0v) is 28.2. The molecule has 2 fully saturated rings. The third-order valence-corrected chi connectivity index (χ3v) is 11.0. The smallest absolute Gasteiger partial charge is 0.310 e. The molecule has 0 bridgehead atoms. The molecule has 49 heavy (non-hydrogen) atoms. The molecular weight excluding hydrogens is 632 g/mol. The van der Waals surface area contributed by atoms with Crippen LogP contribution in [0.5, 0.6) is 11.5 Å². The van der Waals surface area contributed by atoms with Gasteiger partial charge < -0.3 is 34.3 Å². The van der Waals surface area contributed by atoms with Crippen LogP contribution in [-0.4, -0.2) is 75.6 Å². The monoisotopic (exact) mass is 674 g/mol. The van der Waals surface area contributed by atoms with Crippen molar-refractivity contribution in [3.63, 3.8) is 0 Å². The number of aromatic hydroxyl groups is 1. The molecule has 11 nitrogen and oxygen atoms in total. The number of hydrogen-bond acceptors (Lipinski definition) is 11. The van der Waals surface area contributed by atoms with Crippen LogP contribution in [0, 0.1) is 23.2 Å². The van der Waals surface area contributed by atoms with E-state index in [0.717, 1.165) is 5.56 Å². The highest BCUT2D eigenvalue weighted by atomic mass is 16.6. The summed E-state index contributed by atoms with van der Waals surface area (Å²) in [6.45, 7) is 6.34. The van der Waals surface area contributed by atoms with Crippen molar-refractivity contribution < 1.29 is 53.4 Å². The molecule has 3 N–H and O–H groups in total. The van der Waals surface area contributed by atoms with E-state index in [2.05, 4.69) is 0 Å². The van der Waals surface area contributed by atoms with E-state index in [4.69, 9.17) is 18.9 Å². The lowest BCUT2D eigenvalue weighted by atomic mass is 9.63. The highest BCUT2D eigenvalue weighted by Crippen LogP contribution is 2.76. The van der Waals surface area contributed by atoms with Crippen molar-refractivity contribution >= 4 is 23.7 Å². The van der Waals surface area contributed by atoms with Crippen LogP contribution in [0.25, 0.3) is 0 Å². The fourth-order valence-electron chi connectivity index (χ4n) is 8.84. The Morgan fingerprint density at radius 3 is 2.33 bits per heavy atom. The Balaban J connectivity index is 1.34. The Hall–Kier alpha value is -4.48. The van der Waals surface area contributed by atoms with Gasteiger partial charge >= 0.3 is 17.9 Å². The van der Waals surface area contributed by atoms with Gasteiger partial charge in [-0.1, -0.05) is 62.4 Å². The number of Topliss-reactive ketones (excluding diaryl/α,β-unsaturated/α-hetero) is 1. The van der Waals surface area contributed by atoms with Gasteiger partial charge in [-0.3, -0.25) is 19.2 Å². The molecule has 4 aliphatic carbocycles. The molecule has 0 spiro atoms. The lowest BCUT2D eigenvalue weighted by molar-refractivity contribution is -0.206. The Kier molecular flexibility index (Phi) is 8.52. The summed E-state index contributed by atoms with van der Waals surface area (Å²) < 4.78 is 22.9. The van der Waals surface area contributed by atoms with Crippen LogP contribution in [0.2, 0.25) is 0 Å². The summed E-state index contributed by atoms with van der Waals surface area (Å²) >= 11 is 0. The molecule has 6 rings (SSSR count). The standard InChI is InChI=1S/C38H42O11/c1-21-13-29-36(44)19-30(48-32(42)16-23-9-7-6-8-10-23)38(49-22(2)39)33(35(38,3)4)26(36)14-25(18-37(29,45)34(21)43)20-47-31(41)17-24-11-12-27(40)28(15-24)46-5/h6-15,26,29-30,33,40,44-45H,16-20H2,1-5H3/t26-,29?,30+,33?,36+,37+,38-/m0/s1. The maximum Gasteiger partial charge on any atom is 0.310 e. The van der Waals surface area contributed by atoms with E-state index in [0.29, 0.717) is 11.1 Å². The number of methoxy groups -OCH3 is 1. The minimum atomic E-state index is -2.06. The predicted octanol–water partition coefficient (Wildman–Crippen LogP) is 3.56. The third kappa shape index (κ3) is 5.62. The number of phenols is 1. The molecule has 2 aromatic rings. The van der Waals surface area contributed by atoms with Gasteiger partial charge in [0.2, 0.25) is 0 Å². The second-order valence-electron chi connectivity index (χ2n) is 14.4. The highest BCUT2D eigenvalue weighted by Gasteiger charge is 2.86. The van der Waals surface area contributed by atoms with E-state index in [9.17, 15) is 34.5 Å². The van der Waals surface area contributed by atoms with E-state index < -0.39 is 69.8 Å². The Bertz CT molecular complexity index is 1760. The molecule has 2 unspecified atom stereocenters. The zero-order chi connectivity index (χ0) is 35.5. The SMILES string of the molecule is COc1cc(CC(=O)OCC2=C[C@H]3C4C(C)(C)[C@]4(OC(C)=O)[C@H](OC(=O)Cc4ccccc4)C[C@]3(O)C3C=C(C)C(=O)[C@@]3(O)C2)ccc1O. The van der Waals surface area contributed by atoms with Crippen LogP contribution in [0.3, 0.4) is 0 Å². The van der Waals surface area contributed by atoms with E-state index in [1.807, 2.05) is 19.9 Å². The van der Waals surface area contributed by atoms with Gasteiger partial charge in [0, 0.05) is 42.9 Å². The van der Waals surface area contributed by atoms with E-state index in [1.165, 1.54) is 26.2 Å². The van der Waals surface area contributed by atoms with Gasteiger partial charge in [0.1, 0.15) is 18.3 Å². The lowest BCUT2D eigenvalue weighted by Gasteiger charge is -2.48. The largest absolute Gasteiger partial charge is 0.504 e. The number of rotatable bonds is 9. The maximum atomic E-state index is 13.6. The van der Waals surface area contributed by atoms with Crippen molar-refractivity contribution in [2.45, 2.75) is 76.3 Å². The molecule has 2 saturated carbocycles. The molecule has 7 atom stereocenters. The Labute approximate surface area is 284 Å². The van der Waals surface area contributed by atoms with Crippen LogP contribution >= 0.6 is 0 Å². The quantitative estimate of drug-likeness (QED) is 0.202. The summed E-state index contributed by atoms with van der Waals surface area (Å²) in [6.07, 6.45) is 1.62. The molecule has 0 aromatic heterocycles. The van der Waals surface area contributed by atoms with E-state index in [-0.39, 0.29) is 49.4 Å². The molecule has 0 saturated heterocycles. The van der Waals surface area contributed by atoms with Crippen molar-refractivity contribution in [2.24, 2.45) is 23.2 Å². The molecule has 0 radical (unpaired) electrons. The maximum absolute atomic E-state index is 13.6. The summed E-state index contributed by atoms with van der Waals surface area (Å²) in [5, 5.41) is 34.8. The van der Waals surface area contributed by atoms with Gasteiger partial charge in [-0.05, 0) is 41.3 Å². The third-order valence-electron chi connectivity index (χ3n) is 11.0. The van der Waals surface area contributed by atoms with Crippen LogP contribution in [0.1, 0.15) is 51.7 Å². The number of phenolic OH excluding ortho intramolecular Hbond substituents is 1.